The van der Waals surface area contributed by atoms with Crippen LogP contribution in [0.4, 0.5) is 0 Å². The summed E-state index contributed by atoms with van der Waals surface area (Å²) in [6, 6.07) is -4.04. The zero-order valence-electron chi connectivity index (χ0n) is 16.1. The van der Waals surface area contributed by atoms with E-state index in [1.54, 1.807) is 13.8 Å². The highest BCUT2D eigenvalue weighted by Crippen LogP contribution is 2.09. The van der Waals surface area contributed by atoms with Gasteiger partial charge in [-0.05, 0) is 5.92 Å². The molecule has 9 N–H and O–H groups in total. The van der Waals surface area contributed by atoms with E-state index in [-0.39, 0.29) is 0 Å². The summed E-state index contributed by atoms with van der Waals surface area (Å²) in [5.41, 5.74) is 10.5. The molecule has 0 radical (unpaired) electrons. The Morgan fingerprint density at radius 1 is 0.897 bits per heavy atom. The van der Waals surface area contributed by atoms with Crippen LogP contribution < -0.4 is 27.4 Å². The molecule has 0 aliphatic carbocycles. The maximum atomic E-state index is 12.6. The Labute approximate surface area is 166 Å². The lowest BCUT2D eigenvalue weighted by atomic mass is 9.97. The van der Waals surface area contributed by atoms with E-state index in [2.05, 4.69) is 10.6 Å². The minimum Gasteiger partial charge on any atom is -0.481 e. The molecule has 0 spiro atoms. The number of nitrogens with two attached hydrogens (primary N) is 2. The van der Waals surface area contributed by atoms with Crippen molar-refractivity contribution in [3.63, 3.8) is 0 Å². The Morgan fingerprint density at radius 3 is 1.93 bits per heavy atom. The number of hydrogen-bond donors (Lipinski definition) is 7. The summed E-state index contributed by atoms with van der Waals surface area (Å²) in [7, 11) is 0. The lowest BCUT2D eigenvalue weighted by molar-refractivity contribution is -0.140. The van der Waals surface area contributed by atoms with E-state index >= 15 is 0 Å². The van der Waals surface area contributed by atoms with Gasteiger partial charge >= 0.3 is 11.9 Å². The van der Waals surface area contributed by atoms with Crippen LogP contribution in [0.25, 0.3) is 0 Å². The molecule has 13 nitrogen and oxygen atoms in total. The fourth-order valence-corrected chi connectivity index (χ4v) is 2.20. The van der Waals surface area contributed by atoms with Crippen LogP contribution in [-0.2, 0) is 28.8 Å². The zero-order chi connectivity index (χ0) is 22.7. The third-order valence-corrected chi connectivity index (χ3v) is 3.98. The van der Waals surface area contributed by atoms with Crippen molar-refractivity contribution in [1.82, 2.24) is 16.0 Å². The molecule has 0 bridgehead atoms. The topological polar surface area (TPSA) is 231 Å². The number of carbonyl (C=O) groups excluding carboxylic acids is 4. The molecule has 0 rings (SSSR count). The highest BCUT2D eigenvalue weighted by Gasteiger charge is 2.32. The maximum absolute atomic E-state index is 12.6. The van der Waals surface area contributed by atoms with Gasteiger partial charge in [-0.3, -0.25) is 28.8 Å². The monoisotopic (exact) mass is 417 g/mol. The van der Waals surface area contributed by atoms with Crippen LogP contribution >= 0.6 is 0 Å². The van der Waals surface area contributed by atoms with Crippen LogP contribution in [0.1, 0.15) is 33.1 Å². The minimum absolute atomic E-state index is 0.429. The smallest absolute Gasteiger partial charge is 0.322 e. The Hall–Kier alpha value is -3.22. The number of carboxylic acid groups (broad SMARTS) is 2. The second kappa shape index (κ2) is 12.3. The second-order valence-corrected chi connectivity index (χ2v) is 6.42. The highest BCUT2D eigenvalue weighted by molar-refractivity contribution is 5.96. The van der Waals surface area contributed by atoms with Gasteiger partial charge in [0.25, 0.3) is 0 Å². The lowest BCUT2D eigenvalue weighted by Crippen LogP contribution is -2.58. The van der Waals surface area contributed by atoms with Gasteiger partial charge in [0, 0.05) is 0 Å². The normalized spacial score (nSPS) is 14.6. The van der Waals surface area contributed by atoms with Gasteiger partial charge in [-0.1, -0.05) is 20.3 Å². The fraction of sp³-hybridized carbons (Fsp3) is 0.625. The highest BCUT2D eigenvalue weighted by atomic mass is 16.4. The first-order chi connectivity index (χ1) is 13.4. The van der Waals surface area contributed by atoms with Crippen molar-refractivity contribution in [3.8, 4) is 0 Å². The molecule has 29 heavy (non-hydrogen) atoms. The number of rotatable bonds is 13. The van der Waals surface area contributed by atoms with Crippen molar-refractivity contribution in [2.24, 2.45) is 17.4 Å². The van der Waals surface area contributed by atoms with Gasteiger partial charge in [0.1, 0.15) is 18.6 Å². The van der Waals surface area contributed by atoms with Crippen LogP contribution in [0.15, 0.2) is 0 Å². The van der Waals surface area contributed by atoms with Crippen molar-refractivity contribution in [1.29, 1.82) is 0 Å². The van der Waals surface area contributed by atoms with Gasteiger partial charge < -0.3 is 37.6 Å². The number of nitrogens with one attached hydrogen (secondary N) is 3. The third kappa shape index (κ3) is 10.0. The summed E-state index contributed by atoms with van der Waals surface area (Å²) in [5.74, 6) is -6.66. The summed E-state index contributed by atoms with van der Waals surface area (Å²) in [4.78, 5) is 69.2. The standard InChI is InChI=1S/C16H27N5O8/c1-3-7(2)13(21-14(27)8(17)4-11(23)24)16(29)20-9(5-10(18)22)15(28)19-6-12(25)26/h7-9,13H,3-6,17H2,1-2H3,(H2,18,22)(H,19,28)(H,20,29)(H,21,27)(H,23,24)(H,25,26)/t7-,8-,9-,13-/m0/s1. The van der Waals surface area contributed by atoms with Crippen LogP contribution in [0.3, 0.4) is 0 Å². The Morgan fingerprint density at radius 2 is 1.48 bits per heavy atom. The van der Waals surface area contributed by atoms with Crippen LogP contribution in [-0.4, -0.2) is 70.5 Å². The quantitative estimate of drug-likeness (QED) is 0.160. The molecule has 0 aromatic rings. The average Bonchev–Trinajstić information content (AvgIpc) is 2.61. The van der Waals surface area contributed by atoms with Crippen LogP contribution in [0.2, 0.25) is 0 Å². The molecule has 4 atom stereocenters. The lowest BCUT2D eigenvalue weighted by Gasteiger charge is -2.27. The zero-order valence-corrected chi connectivity index (χ0v) is 16.1. The van der Waals surface area contributed by atoms with E-state index in [0.29, 0.717) is 6.42 Å². The number of carboxylic acids is 2. The molecule has 0 fully saturated rings. The molecule has 0 saturated carbocycles. The molecule has 0 aliphatic heterocycles. The van der Waals surface area contributed by atoms with E-state index in [4.69, 9.17) is 21.7 Å². The number of carbonyl (C=O) groups is 6. The molecule has 0 saturated heterocycles. The Balaban J connectivity index is 5.34. The third-order valence-electron chi connectivity index (χ3n) is 3.98. The average molecular weight is 417 g/mol. The van der Waals surface area contributed by atoms with Gasteiger partial charge in [-0.15, -0.1) is 0 Å². The minimum atomic E-state index is -1.46. The molecule has 0 aromatic carbocycles. The van der Waals surface area contributed by atoms with E-state index in [1.807, 2.05) is 5.32 Å². The first-order valence-corrected chi connectivity index (χ1v) is 8.74. The first-order valence-electron chi connectivity index (χ1n) is 8.74. The number of amides is 4. The molecular weight excluding hydrogens is 390 g/mol. The molecule has 0 heterocycles. The number of primary amides is 1. The summed E-state index contributed by atoms with van der Waals surface area (Å²) in [6.45, 7) is 2.62. The molecule has 13 heteroatoms. The van der Waals surface area contributed by atoms with Crippen molar-refractivity contribution in [2.75, 3.05) is 6.54 Å². The van der Waals surface area contributed by atoms with Gasteiger partial charge in [0.2, 0.25) is 23.6 Å². The maximum Gasteiger partial charge on any atom is 0.322 e. The van der Waals surface area contributed by atoms with Crippen molar-refractivity contribution in [3.05, 3.63) is 0 Å². The summed E-state index contributed by atoms with van der Waals surface area (Å²) in [6.07, 6.45) is -0.822. The van der Waals surface area contributed by atoms with Crippen molar-refractivity contribution >= 4 is 35.6 Å². The van der Waals surface area contributed by atoms with Crippen LogP contribution in [0.5, 0.6) is 0 Å². The predicted octanol–water partition coefficient (Wildman–Crippen LogP) is -3.12. The first kappa shape index (κ1) is 25.8. The summed E-state index contributed by atoms with van der Waals surface area (Å²) >= 11 is 0. The Kier molecular flexibility index (Phi) is 10.9. The van der Waals surface area contributed by atoms with E-state index < -0.39 is 79.0 Å². The summed E-state index contributed by atoms with van der Waals surface area (Å²) in [5, 5.41) is 24.0. The van der Waals surface area contributed by atoms with Gasteiger partial charge in [0.15, 0.2) is 0 Å². The van der Waals surface area contributed by atoms with E-state index in [0.717, 1.165) is 0 Å². The molecule has 4 amide bonds. The van der Waals surface area contributed by atoms with Crippen molar-refractivity contribution in [2.45, 2.75) is 51.2 Å². The largest absolute Gasteiger partial charge is 0.481 e. The summed E-state index contributed by atoms with van der Waals surface area (Å²) < 4.78 is 0. The second-order valence-electron chi connectivity index (χ2n) is 6.42. The Bertz CT molecular complexity index is 653. The molecular formula is C16H27N5O8. The molecule has 0 aromatic heterocycles. The predicted molar refractivity (Wildman–Crippen MR) is 98.0 cm³/mol. The van der Waals surface area contributed by atoms with Gasteiger partial charge in [-0.2, -0.15) is 0 Å². The van der Waals surface area contributed by atoms with E-state index in [9.17, 15) is 28.8 Å². The van der Waals surface area contributed by atoms with Gasteiger partial charge in [0.05, 0.1) is 18.9 Å². The number of aliphatic carboxylic acids is 2. The van der Waals surface area contributed by atoms with E-state index in [1.165, 1.54) is 0 Å². The molecule has 0 unspecified atom stereocenters. The SMILES string of the molecule is CC[C@H](C)[C@H](NC(=O)[C@@H](N)CC(=O)O)C(=O)N[C@@H](CC(N)=O)C(=O)NCC(=O)O. The van der Waals surface area contributed by atoms with Crippen LogP contribution in [0, 0.1) is 5.92 Å². The molecule has 164 valence electrons. The number of hydrogen-bond acceptors (Lipinski definition) is 7. The van der Waals surface area contributed by atoms with Gasteiger partial charge in [-0.25, -0.2) is 0 Å². The fourth-order valence-electron chi connectivity index (χ4n) is 2.20. The van der Waals surface area contributed by atoms with Crippen molar-refractivity contribution < 1.29 is 39.0 Å². The molecule has 0 aliphatic rings.